The zero-order valence-electron chi connectivity index (χ0n) is 3.40. The van der Waals surface area contributed by atoms with Crippen LogP contribution in [0.4, 0.5) is 0 Å². The Morgan fingerprint density at radius 2 is 2.57 bits per heavy atom. The highest BCUT2D eigenvalue weighted by atomic mass is 127. The molecule has 40 valence electrons. The van der Waals surface area contributed by atoms with Crippen LogP contribution in [0.15, 0.2) is 0 Å². The molecule has 0 spiro atoms. The van der Waals surface area contributed by atoms with Gasteiger partial charge in [-0.1, -0.05) is 15.9 Å². The second kappa shape index (κ2) is 1.89. The van der Waals surface area contributed by atoms with Crippen molar-refractivity contribution in [2.45, 2.75) is 4.83 Å². The lowest BCUT2D eigenvalue weighted by Crippen LogP contribution is -2.46. The van der Waals surface area contributed by atoms with E-state index >= 15 is 0 Å². The van der Waals surface area contributed by atoms with Crippen LogP contribution < -0.4 is 0 Å². The van der Waals surface area contributed by atoms with E-state index in [0.29, 0.717) is 0 Å². The Morgan fingerprint density at radius 3 is 2.57 bits per heavy atom. The quantitative estimate of drug-likeness (QED) is 0.279. The molecular formula is C3H3BrINO. The lowest BCUT2D eigenvalue weighted by molar-refractivity contribution is -0.130. The molecule has 2 nitrogen and oxygen atoms in total. The Bertz CT molecular complexity index is 97.1. The van der Waals surface area contributed by atoms with E-state index in [4.69, 9.17) is 0 Å². The topological polar surface area (TPSA) is 20.3 Å². The van der Waals surface area contributed by atoms with Gasteiger partial charge in [0.15, 0.2) is 0 Å². The minimum atomic E-state index is 0.101. The third kappa shape index (κ3) is 0.910. The first-order chi connectivity index (χ1) is 3.22. The number of rotatable bonds is 0. The maximum Gasteiger partial charge on any atom is 0.246 e. The highest BCUT2D eigenvalue weighted by Crippen LogP contribution is 2.20. The minimum Gasteiger partial charge on any atom is -0.282 e. The molecule has 1 aliphatic rings. The molecule has 7 heavy (non-hydrogen) atoms. The highest BCUT2D eigenvalue weighted by molar-refractivity contribution is 14.1. The molecule has 1 saturated heterocycles. The molecule has 0 radical (unpaired) electrons. The van der Waals surface area contributed by atoms with Crippen LogP contribution in [0.25, 0.3) is 0 Å². The number of carbonyl (C=O) groups is 1. The number of nitrogens with zero attached hydrogens (tertiary/aromatic N) is 1. The van der Waals surface area contributed by atoms with Gasteiger partial charge in [0, 0.05) is 0 Å². The van der Waals surface area contributed by atoms with Gasteiger partial charge in [-0.15, -0.1) is 0 Å². The van der Waals surface area contributed by atoms with Crippen LogP contribution in [0.1, 0.15) is 0 Å². The fourth-order valence-electron chi connectivity index (χ4n) is 0.348. The molecule has 1 amide bonds. The van der Waals surface area contributed by atoms with Crippen LogP contribution in [0.5, 0.6) is 0 Å². The number of amides is 1. The summed E-state index contributed by atoms with van der Waals surface area (Å²) in [5.74, 6) is 0.181. The average Bonchev–Trinajstić information content (AvgIpc) is 1.68. The lowest BCUT2D eigenvalue weighted by Gasteiger charge is -2.28. The predicted octanol–water partition coefficient (Wildman–Crippen LogP) is 0.942. The van der Waals surface area contributed by atoms with Crippen LogP contribution in [-0.4, -0.2) is 20.4 Å². The van der Waals surface area contributed by atoms with Gasteiger partial charge in [-0.2, -0.15) is 0 Å². The van der Waals surface area contributed by atoms with Crippen LogP contribution in [0.3, 0.4) is 0 Å². The number of β-lactam (4-membered cyclic amide) rings is 1. The molecule has 1 fully saturated rings. The summed E-state index contributed by atoms with van der Waals surface area (Å²) in [4.78, 5) is 10.5. The monoisotopic (exact) mass is 275 g/mol. The predicted molar refractivity (Wildman–Crippen MR) is 38.4 cm³/mol. The van der Waals surface area contributed by atoms with Crippen molar-refractivity contribution in [2.75, 3.05) is 6.54 Å². The molecule has 0 aromatic carbocycles. The zero-order valence-corrected chi connectivity index (χ0v) is 7.14. The van der Waals surface area contributed by atoms with Gasteiger partial charge in [0.25, 0.3) is 0 Å². The fourth-order valence-corrected chi connectivity index (χ4v) is 2.54. The molecule has 0 aliphatic carbocycles. The van der Waals surface area contributed by atoms with E-state index in [0.717, 1.165) is 6.54 Å². The molecule has 1 heterocycles. The molecule has 0 N–H and O–H groups in total. The number of carbonyl (C=O) groups excluding carboxylic acids is 1. The summed E-state index contributed by atoms with van der Waals surface area (Å²) in [6.07, 6.45) is 0. The van der Waals surface area contributed by atoms with E-state index in [-0.39, 0.29) is 10.7 Å². The Morgan fingerprint density at radius 1 is 2.00 bits per heavy atom. The van der Waals surface area contributed by atoms with E-state index < -0.39 is 0 Å². The molecular weight excluding hydrogens is 273 g/mol. The Labute approximate surface area is 63.9 Å². The number of halogens is 2. The molecule has 0 aromatic rings. The maximum atomic E-state index is 10.4. The first-order valence-corrected chi connectivity index (χ1v) is 3.71. The smallest absolute Gasteiger partial charge is 0.246 e. The van der Waals surface area contributed by atoms with E-state index in [1.807, 2.05) is 22.9 Å². The van der Waals surface area contributed by atoms with Gasteiger partial charge in [-0.3, -0.25) is 7.91 Å². The molecule has 1 aliphatic heterocycles. The molecule has 1 atom stereocenters. The summed E-state index contributed by atoms with van der Waals surface area (Å²) >= 11 is 5.16. The molecule has 1 rings (SSSR count). The maximum absolute atomic E-state index is 10.4. The average molecular weight is 276 g/mol. The van der Waals surface area contributed by atoms with Crippen LogP contribution in [0, 0.1) is 0 Å². The van der Waals surface area contributed by atoms with Gasteiger partial charge in [-0.05, 0) is 0 Å². The normalized spacial score (nSPS) is 30.3. The summed E-state index contributed by atoms with van der Waals surface area (Å²) in [6, 6.07) is 0. The summed E-state index contributed by atoms with van der Waals surface area (Å²) in [5.41, 5.74) is 0. The summed E-state index contributed by atoms with van der Waals surface area (Å²) < 4.78 is 1.65. The number of hydrogen-bond acceptors (Lipinski definition) is 1. The lowest BCUT2D eigenvalue weighted by atomic mass is 10.3. The zero-order chi connectivity index (χ0) is 5.44. The Hall–Kier alpha value is 0.680. The minimum absolute atomic E-state index is 0.101. The van der Waals surface area contributed by atoms with Gasteiger partial charge >= 0.3 is 0 Å². The van der Waals surface area contributed by atoms with Gasteiger partial charge in [-0.25, -0.2) is 0 Å². The highest BCUT2D eigenvalue weighted by Gasteiger charge is 2.32. The van der Waals surface area contributed by atoms with Crippen LogP contribution >= 0.6 is 38.8 Å². The molecule has 0 saturated carbocycles. The van der Waals surface area contributed by atoms with E-state index in [1.54, 1.807) is 3.11 Å². The van der Waals surface area contributed by atoms with Crippen molar-refractivity contribution in [3.63, 3.8) is 0 Å². The molecule has 0 bridgehead atoms. The third-order valence-corrected chi connectivity index (χ3v) is 2.38. The molecule has 1 unspecified atom stereocenters. The van der Waals surface area contributed by atoms with Crippen molar-refractivity contribution < 1.29 is 4.79 Å². The largest absolute Gasteiger partial charge is 0.282 e. The third-order valence-electron chi connectivity index (χ3n) is 0.828. The van der Waals surface area contributed by atoms with Crippen molar-refractivity contribution in [1.29, 1.82) is 0 Å². The molecule has 0 aromatic heterocycles. The number of hydrogen-bond donors (Lipinski definition) is 0. The second-order valence-electron chi connectivity index (χ2n) is 1.35. The van der Waals surface area contributed by atoms with Crippen molar-refractivity contribution in [2.24, 2.45) is 0 Å². The summed E-state index contributed by atoms with van der Waals surface area (Å²) in [7, 11) is 0. The van der Waals surface area contributed by atoms with Crippen molar-refractivity contribution in [3.8, 4) is 0 Å². The standard InChI is InChI=1S/C3H3BrINO/c4-2-1-6(5)3(2)7/h2H,1H2. The Balaban J connectivity index is 2.44. The van der Waals surface area contributed by atoms with Crippen LogP contribution in [-0.2, 0) is 4.79 Å². The fraction of sp³-hybridized carbons (Fsp3) is 0.667. The van der Waals surface area contributed by atoms with Gasteiger partial charge in [0.05, 0.1) is 29.4 Å². The van der Waals surface area contributed by atoms with Crippen molar-refractivity contribution in [1.82, 2.24) is 3.11 Å². The van der Waals surface area contributed by atoms with Gasteiger partial charge in [0.1, 0.15) is 4.83 Å². The SMILES string of the molecule is O=C1C(Br)CN1I. The van der Waals surface area contributed by atoms with Crippen molar-refractivity contribution >= 4 is 44.7 Å². The van der Waals surface area contributed by atoms with Crippen molar-refractivity contribution in [3.05, 3.63) is 0 Å². The van der Waals surface area contributed by atoms with E-state index in [9.17, 15) is 4.79 Å². The number of alkyl halides is 1. The van der Waals surface area contributed by atoms with Gasteiger partial charge in [0.2, 0.25) is 5.91 Å². The first-order valence-electron chi connectivity index (χ1n) is 1.83. The molecule has 4 heteroatoms. The van der Waals surface area contributed by atoms with Crippen LogP contribution in [0.2, 0.25) is 0 Å². The second-order valence-corrected chi connectivity index (χ2v) is 3.62. The van der Waals surface area contributed by atoms with E-state index in [2.05, 4.69) is 15.9 Å². The Kier molecular flexibility index (Phi) is 1.57. The summed E-state index contributed by atoms with van der Waals surface area (Å²) in [5, 5.41) is 0. The first kappa shape index (κ1) is 5.81. The van der Waals surface area contributed by atoms with E-state index in [1.165, 1.54) is 0 Å². The van der Waals surface area contributed by atoms with Gasteiger partial charge < -0.3 is 0 Å². The summed E-state index contributed by atoms with van der Waals surface area (Å²) in [6.45, 7) is 0.847.